The van der Waals surface area contributed by atoms with Crippen LogP contribution in [0, 0.1) is 5.82 Å². The van der Waals surface area contributed by atoms with Crippen molar-refractivity contribution in [2.24, 2.45) is 4.99 Å². The highest BCUT2D eigenvalue weighted by atomic mass is 79.9. The molecule has 0 atom stereocenters. The summed E-state index contributed by atoms with van der Waals surface area (Å²) in [5.41, 5.74) is 0.879. The predicted molar refractivity (Wildman–Crippen MR) is 63.9 cm³/mol. The lowest BCUT2D eigenvalue weighted by atomic mass is 10.2. The maximum absolute atomic E-state index is 13.0. The molecule has 0 unspecified atom stereocenters. The molecule has 0 bridgehead atoms. The molecule has 0 radical (unpaired) electrons. The average molecular weight is 271 g/mol. The van der Waals surface area contributed by atoms with Crippen LogP contribution in [0.1, 0.15) is 19.3 Å². The van der Waals surface area contributed by atoms with Gasteiger partial charge in [0.25, 0.3) is 0 Å². The van der Waals surface area contributed by atoms with Crippen LogP contribution in [0.3, 0.4) is 0 Å². The Hall–Kier alpha value is -0.900. The van der Waals surface area contributed by atoms with Crippen LogP contribution in [0.25, 0.3) is 0 Å². The summed E-state index contributed by atoms with van der Waals surface area (Å²) in [7, 11) is 0. The molecule has 15 heavy (non-hydrogen) atoms. The molecule has 1 aliphatic heterocycles. The van der Waals surface area contributed by atoms with E-state index in [4.69, 9.17) is 0 Å². The predicted octanol–water partition coefficient (Wildman–Crippen LogP) is 3.58. The fourth-order valence-corrected chi connectivity index (χ4v) is 1.92. The Bertz CT molecular complexity index is 390. The summed E-state index contributed by atoms with van der Waals surface area (Å²) in [6.07, 6.45) is 3.32. The minimum Gasteiger partial charge on any atom is -0.344 e. The van der Waals surface area contributed by atoms with E-state index in [9.17, 15) is 4.39 Å². The maximum Gasteiger partial charge on any atom is 0.137 e. The Balaban J connectivity index is 2.10. The number of halogens is 2. The molecule has 4 heteroatoms. The highest BCUT2D eigenvalue weighted by molar-refractivity contribution is 9.10. The first kappa shape index (κ1) is 10.6. The maximum atomic E-state index is 13.0. The van der Waals surface area contributed by atoms with Crippen LogP contribution in [-0.4, -0.2) is 12.4 Å². The zero-order valence-corrected chi connectivity index (χ0v) is 9.85. The monoisotopic (exact) mass is 270 g/mol. The normalized spacial score (nSPS) is 16.0. The second-order valence-electron chi connectivity index (χ2n) is 3.54. The third-order valence-corrected chi connectivity index (χ3v) is 2.94. The Morgan fingerprint density at radius 1 is 1.33 bits per heavy atom. The van der Waals surface area contributed by atoms with E-state index in [2.05, 4.69) is 26.2 Å². The summed E-state index contributed by atoms with van der Waals surface area (Å²) in [6, 6.07) is 4.89. The Morgan fingerprint density at radius 2 is 2.20 bits per heavy atom. The minimum absolute atomic E-state index is 0.244. The number of nitrogens with zero attached hydrogens (tertiary/aromatic N) is 1. The second-order valence-corrected chi connectivity index (χ2v) is 4.39. The molecule has 0 aliphatic carbocycles. The first-order chi connectivity index (χ1) is 7.25. The lowest BCUT2D eigenvalue weighted by Gasteiger charge is -2.14. The lowest BCUT2D eigenvalue weighted by molar-refractivity contribution is 0.621. The van der Waals surface area contributed by atoms with Crippen molar-refractivity contribution in [2.75, 3.05) is 11.9 Å². The number of aliphatic imine (C=N–C) groups is 1. The van der Waals surface area contributed by atoms with Crippen molar-refractivity contribution in [3.05, 3.63) is 28.5 Å². The van der Waals surface area contributed by atoms with Crippen LogP contribution in [0.4, 0.5) is 10.1 Å². The molecule has 2 nitrogen and oxygen atoms in total. The van der Waals surface area contributed by atoms with Gasteiger partial charge in [-0.3, -0.25) is 4.99 Å². The zero-order chi connectivity index (χ0) is 10.7. The SMILES string of the molecule is Fc1ccc(NC2=NCCCC2)cc1Br. The quantitative estimate of drug-likeness (QED) is 0.829. The number of benzene rings is 1. The smallest absolute Gasteiger partial charge is 0.137 e. The van der Waals surface area contributed by atoms with Gasteiger partial charge >= 0.3 is 0 Å². The molecule has 1 aliphatic rings. The van der Waals surface area contributed by atoms with Crippen molar-refractivity contribution in [1.29, 1.82) is 0 Å². The van der Waals surface area contributed by atoms with Crippen LogP contribution in [0.15, 0.2) is 27.7 Å². The first-order valence-electron chi connectivity index (χ1n) is 5.01. The molecule has 1 N–H and O–H groups in total. The van der Waals surface area contributed by atoms with Gasteiger partial charge in [-0.15, -0.1) is 0 Å². The summed E-state index contributed by atoms with van der Waals surface area (Å²) in [6.45, 7) is 0.894. The highest BCUT2D eigenvalue weighted by Gasteiger charge is 2.06. The molecule has 0 saturated heterocycles. The third kappa shape index (κ3) is 2.78. The standard InChI is InChI=1S/C11H12BrFN2/c12-9-7-8(4-5-10(9)13)15-11-3-1-2-6-14-11/h4-5,7H,1-3,6H2,(H,14,15). The van der Waals surface area contributed by atoms with Crippen molar-refractivity contribution in [1.82, 2.24) is 0 Å². The average Bonchev–Trinajstić information content (AvgIpc) is 2.25. The summed E-state index contributed by atoms with van der Waals surface area (Å²) >= 11 is 3.16. The van der Waals surface area contributed by atoms with Gasteiger partial charge in [0.05, 0.1) is 4.47 Å². The van der Waals surface area contributed by atoms with Gasteiger partial charge in [-0.25, -0.2) is 4.39 Å². The molecule has 1 aromatic rings. The van der Waals surface area contributed by atoms with Crippen LogP contribution >= 0.6 is 15.9 Å². The number of amidine groups is 1. The second kappa shape index (κ2) is 4.75. The molecule has 0 spiro atoms. The molecule has 0 fully saturated rings. The number of hydrogen-bond acceptors (Lipinski definition) is 2. The van der Waals surface area contributed by atoms with Crippen molar-refractivity contribution >= 4 is 27.5 Å². The van der Waals surface area contributed by atoms with Gasteiger partial charge < -0.3 is 5.32 Å². The van der Waals surface area contributed by atoms with Crippen molar-refractivity contribution in [2.45, 2.75) is 19.3 Å². The van der Waals surface area contributed by atoms with Crippen molar-refractivity contribution in [3.63, 3.8) is 0 Å². The van der Waals surface area contributed by atoms with Gasteiger partial charge in [0.2, 0.25) is 0 Å². The van der Waals surface area contributed by atoms with Crippen molar-refractivity contribution in [3.8, 4) is 0 Å². The molecule has 2 rings (SSSR count). The van der Waals surface area contributed by atoms with Crippen LogP contribution in [0.2, 0.25) is 0 Å². The number of rotatable bonds is 1. The molecule has 0 aromatic heterocycles. The molecule has 80 valence electrons. The van der Waals surface area contributed by atoms with Gasteiger partial charge in [0, 0.05) is 18.7 Å². The van der Waals surface area contributed by atoms with E-state index in [0.29, 0.717) is 4.47 Å². The van der Waals surface area contributed by atoms with Gasteiger partial charge in [-0.2, -0.15) is 0 Å². The van der Waals surface area contributed by atoms with E-state index < -0.39 is 0 Å². The van der Waals surface area contributed by atoms with E-state index in [1.807, 2.05) is 0 Å². The molecule has 0 saturated carbocycles. The van der Waals surface area contributed by atoms with E-state index in [-0.39, 0.29) is 5.82 Å². The van der Waals surface area contributed by atoms with Gasteiger partial charge in [0.1, 0.15) is 11.7 Å². The fourth-order valence-electron chi connectivity index (χ4n) is 1.54. The third-order valence-electron chi connectivity index (χ3n) is 2.33. The summed E-state index contributed by atoms with van der Waals surface area (Å²) < 4.78 is 13.4. The summed E-state index contributed by atoms with van der Waals surface area (Å²) in [5, 5.41) is 3.20. The Kier molecular flexibility index (Phi) is 3.36. The molecule has 0 amide bonds. The largest absolute Gasteiger partial charge is 0.344 e. The van der Waals surface area contributed by atoms with Crippen LogP contribution in [-0.2, 0) is 0 Å². The molecular weight excluding hydrogens is 259 g/mol. The van der Waals surface area contributed by atoms with E-state index in [1.165, 1.54) is 12.5 Å². The van der Waals surface area contributed by atoms with Crippen molar-refractivity contribution < 1.29 is 4.39 Å². The van der Waals surface area contributed by atoms with Crippen LogP contribution in [0.5, 0.6) is 0 Å². The Morgan fingerprint density at radius 3 is 2.87 bits per heavy atom. The summed E-state index contributed by atoms with van der Waals surface area (Å²) in [4.78, 5) is 4.37. The topological polar surface area (TPSA) is 24.4 Å². The Labute approximate surface area is 96.7 Å². The van der Waals surface area contributed by atoms with Gasteiger partial charge in [0.15, 0.2) is 0 Å². The lowest BCUT2D eigenvalue weighted by Crippen LogP contribution is -2.16. The number of nitrogens with one attached hydrogen (secondary N) is 1. The van der Waals surface area contributed by atoms with Gasteiger partial charge in [-0.1, -0.05) is 0 Å². The number of anilines is 1. The molecule has 1 aromatic carbocycles. The molecule has 1 heterocycles. The molecular formula is C11H12BrFN2. The summed E-state index contributed by atoms with van der Waals surface area (Å²) in [5.74, 6) is 0.755. The minimum atomic E-state index is -0.244. The highest BCUT2D eigenvalue weighted by Crippen LogP contribution is 2.20. The zero-order valence-electron chi connectivity index (χ0n) is 8.26. The van der Waals surface area contributed by atoms with Crippen LogP contribution < -0.4 is 5.32 Å². The van der Waals surface area contributed by atoms with E-state index in [0.717, 1.165) is 30.9 Å². The number of hydrogen-bond donors (Lipinski definition) is 1. The van der Waals surface area contributed by atoms with E-state index in [1.54, 1.807) is 12.1 Å². The fraction of sp³-hybridized carbons (Fsp3) is 0.364. The van der Waals surface area contributed by atoms with Gasteiger partial charge in [-0.05, 0) is 47.0 Å². The van der Waals surface area contributed by atoms with E-state index >= 15 is 0 Å². The first-order valence-corrected chi connectivity index (χ1v) is 5.80.